The second-order valence-electron chi connectivity index (χ2n) is 9.29. The van der Waals surface area contributed by atoms with Crippen molar-refractivity contribution in [1.29, 1.82) is 0 Å². The van der Waals surface area contributed by atoms with Crippen LogP contribution in [0.2, 0.25) is 0 Å². The van der Waals surface area contributed by atoms with Crippen LogP contribution in [0.25, 0.3) is 11.2 Å². The molecule has 4 aromatic rings. The number of imidazole rings is 1. The monoisotopic (exact) mass is 566 g/mol. The van der Waals surface area contributed by atoms with E-state index in [-0.39, 0.29) is 49.5 Å². The van der Waals surface area contributed by atoms with Crippen LogP contribution in [0.15, 0.2) is 54.9 Å². The molecule has 214 valence electrons. The first-order chi connectivity index (χ1) is 19.8. The lowest BCUT2D eigenvalue weighted by atomic mass is 10.1. The number of rotatable bonds is 12. The molecule has 0 bridgehead atoms. The zero-order chi connectivity index (χ0) is 28.9. The molecular weight excluding hydrogens is 540 g/mol. The van der Waals surface area contributed by atoms with Crippen LogP contribution in [0.1, 0.15) is 23.8 Å². The van der Waals surface area contributed by atoms with Gasteiger partial charge >= 0.3 is 6.01 Å². The van der Waals surface area contributed by atoms with Crippen LogP contribution in [0.3, 0.4) is 0 Å². The number of ether oxygens (including phenoxy) is 3. The number of aliphatic hydroxyl groups excluding tert-OH is 2. The van der Waals surface area contributed by atoms with Crippen molar-refractivity contribution in [3.05, 3.63) is 86.2 Å². The van der Waals surface area contributed by atoms with E-state index in [2.05, 4.69) is 15.0 Å². The smallest absolute Gasteiger partial charge is 0.321 e. The molecule has 2 aromatic carbocycles. The average molecular weight is 567 g/mol. The third kappa shape index (κ3) is 6.37. The van der Waals surface area contributed by atoms with Gasteiger partial charge in [-0.25, -0.2) is 4.98 Å². The molecule has 3 atom stereocenters. The Hall–Kier alpha value is -4.73. The van der Waals surface area contributed by atoms with E-state index in [1.54, 1.807) is 28.8 Å². The zero-order valence-corrected chi connectivity index (χ0v) is 21.6. The lowest BCUT2D eigenvalue weighted by Gasteiger charge is -2.14. The van der Waals surface area contributed by atoms with Crippen molar-refractivity contribution >= 4 is 22.5 Å². The Morgan fingerprint density at radius 2 is 1.51 bits per heavy atom. The van der Waals surface area contributed by atoms with Crippen molar-refractivity contribution in [2.75, 3.05) is 19.8 Å². The number of aromatic nitrogens is 4. The molecule has 1 aliphatic heterocycles. The fourth-order valence-corrected chi connectivity index (χ4v) is 4.39. The minimum atomic E-state index is -0.862. The number of nitro groups is 2. The summed E-state index contributed by atoms with van der Waals surface area (Å²) in [6, 6.07) is 12.3. The van der Waals surface area contributed by atoms with Gasteiger partial charge in [0.1, 0.15) is 12.3 Å². The van der Waals surface area contributed by atoms with E-state index in [1.807, 2.05) is 0 Å². The number of hydrogen-bond donors (Lipinski definition) is 2. The van der Waals surface area contributed by atoms with Gasteiger partial charge in [-0.3, -0.25) is 24.8 Å². The summed E-state index contributed by atoms with van der Waals surface area (Å²) in [4.78, 5) is 34.1. The van der Waals surface area contributed by atoms with Crippen LogP contribution in [-0.4, -0.2) is 71.6 Å². The molecule has 1 fully saturated rings. The maximum atomic E-state index is 10.9. The van der Waals surface area contributed by atoms with Gasteiger partial charge in [0, 0.05) is 43.5 Å². The first-order valence-electron chi connectivity index (χ1n) is 12.7. The van der Waals surface area contributed by atoms with Crippen LogP contribution in [0.4, 0.5) is 11.4 Å². The van der Waals surface area contributed by atoms with E-state index in [0.29, 0.717) is 24.0 Å². The molecular formula is C26H26N6O9. The van der Waals surface area contributed by atoms with E-state index in [1.165, 1.54) is 30.6 Å². The molecule has 2 N–H and O–H groups in total. The predicted molar refractivity (Wildman–Crippen MR) is 142 cm³/mol. The summed E-state index contributed by atoms with van der Waals surface area (Å²) in [5, 5.41) is 41.5. The number of benzene rings is 2. The standard InChI is InChI=1S/C26H26N6O9/c33-14-21-20(34)13-22(41-21)30-15-27-23-24(30)28-26(40-12-10-17-3-7-19(8-4-17)32(37)38)29-25(23)39-11-9-16-1-5-18(6-2-16)31(35)36/h1-8,15,20-22,33-34H,9-14H2. The van der Waals surface area contributed by atoms with Crippen molar-refractivity contribution in [3.63, 3.8) is 0 Å². The van der Waals surface area contributed by atoms with Crippen LogP contribution in [0, 0.1) is 20.2 Å². The Kier molecular flexibility index (Phi) is 8.28. The third-order valence-electron chi connectivity index (χ3n) is 6.61. The van der Waals surface area contributed by atoms with Gasteiger partial charge in [-0.2, -0.15) is 9.97 Å². The van der Waals surface area contributed by atoms with E-state index < -0.39 is 28.3 Å². The average Bonchev–Trinajstić information content (AvgIpc) is 3.56. The molecule has 15 heteroatoms. The summed E-state index contributed by atoms with van der Waals surface area (Å²) < 4.78 is 19.1. The highest BCUT2D eigenvalue weighted by Gasteiger charge is 2.35. The number of fused-ring (bicyclic) bond motifs is 1. The molecule has 1 saturated heterocycles. The minimum Gasteiger partial charge on any atom is -0.476 e. The first kappa shape index (κ1) is 27.8. The second-order valence-corrected chi connectivity index (χ2v) is 9.29. The van der Waals surface area contributed by atoms with E-state index >= 15 is 0 Å². The van der Waals surface area contributed by atoms with Crippen molar-refractivity contribution in [3.8, 4) is 11.9 Å². The molecule has 2 aromatic heterocycles. The third-order valence-corrected chi connectivity index (χ3v) is 6.61. The van der Waals surface area contributed by atoms with Gasteiger partial charge in [-0.05, 0) is 11.1 Å². The number of nitro benzene ring substituents is 2. The Balaban J connectivity index is 1.34. The van der Waals surface area contributed by atoms with Crippen LogP contribution in [-0.2, 0) is 17.6 Å². The first-order valence-corrected chi connectivity index (χ1v) is 12.7. The highest BCUT2D eigenvalue weighted by molar-refractivity contribution is 5.76. The van der Waals surface area contributed by atoms with Crippen LogP contribution in [0.5, 0.6) is 11.9 Å². The summed E-state index contributed by atoms with van der Waals surface area (Å²) >= 11 is 0. The molecule has 5 rings (SSSR count). The second kappa shape index (κ2) is 12.2. The molecule has 0 saturated carbocycles. The highest BCUT2D eigenvalue weighted by atomic mass is 16.6. The fraction of sp³-hybridized carbons (Fsp3) is 0.346. The number of hydrogen-bond acceptors (Lipinski definition) is 12. The normalized spacial score (nSPS) is 18.4. The minimum absolute atomic E-state index is 0.00347. The molecule has 1 aliphatic rings. The van der Waals surface area contributed by atoms with E-state index in [0.717, 1.165) is 11.1 Å². The van der Waals surface area contributed by atoms with E-state index in [9.17, 15) is 30.4 Å². The number of non-ortho nitro benzene ring substituents is 2. The largest absolute Gasteiger partial charge is 0.476 e. The van der Waals surface area contributed by atoms with Crippen LogP contribution >= 0.6 is 0 Å². The highest BCUT2D eigenvalue weighted by Crippen LogP contribution is 2.33. The van der Waals surface area contributed by atoms with Crippen LogP contribution < -0.4 is 9.47 Å². The Morgan fingerprint density at radius 1 is 0.927 bits per heavy atom. The SMILES string of the molecule is O=[N+]([O-])c1ccc(CCOc2nc(OCCc3ccc([N+](=O)[O-])cc3)c3ncn(C4CC(O)C(CO)O4)c3n2)cc1. The van der Waals surface area contributed by atoms with Crippen molar-refractivity contribution < 1.29 is 34.3 Å². The molecule has 3 unspecified atom stereocenters. The molecule has 0 aliphatic carbocycles. The maximum Gasteiger partial charge on any atom is 0.321 e. The Bertz CT molecular complexity index is 1530. The lowest BCUT2D eigenvalue weighted by molar-refractivity contribution is -0.385. The van der Waals surface area contributed by atoms with Gasteiger partial charge in [0.2, 0.25) is 5.88 Å². The quantitative estimate of drug-likeness (QED) is 0.188. The summed E-state index contributed by atoms with van der Waals surface area (Å²) in [5.41, 5.74) is 2.32. The molecule has 0 amide bonds. The summed E-state index contributed by atoms with van der Waals surface area (Å²) in [6.45, 7) is 0.0163. The molecule has 15 nitrogen and oxygen atoms in total. The Morgan fingerprint density at radius 3 is 2.05 bits per heavy atom. The summed E-state index contributed by atoms with van der Waals surface area (Å²) in [5.74, 6) is 0.151. The van der Waals surface area contributed by atoms with Gasteiger partial charge in [-0.1, -0.05) is 24.3 Å². The number of aliphatic hydroxyl groups is 2. The predicted octanol–water partition coefficient (Wildman–Crippen LogP) is 2.53. The molecule has 0 spiro atoms. The lowest BCUT2D eigenvalue weighted by Crippen LogP contribution is -2.24. The number of nitrogens with zero attached hydrogens (tertiary/aromatic N) is 6. The van der Waals surface area contributed by atoms with E-state index in [4.69, 9.17) is 14.2 Å². The Labute approximate surface area is 232 Å². The van der Waals surface area contributed by atoms with Gasteiger partial charge in [0.25, 0.3) is 11.4 Å². The maximum absolute atomic E-state index is 10.9. The fourth-order valence-electron chi connectivity index (χ4n) is 4.39. The summed E-state index contributed by atoms with van der Waals surface area (Å²) in [7, 11) is 0. The van der Waals surface area contributed by atoms with Crippen molar-refractivity contribution in [1.82, 2.24) is 19.5 Å². The summed E-state index contributed by atoms with van der Waals surface area (Å²) in [6.07, 6.45) is 0.339. The zero-order valence-electron chi connectivity index (χ0n) is 21.6. The van der Waals surface area contributed by atoms with Gasteiger partial charge in [0.05, 0.1) is 42.1 Å². The molecule has 0 radical (unpaired) electrons. The molecule has 41 heavy (non-hydrogen) atoms. The van der Waals surface area contributed by atoms with Gasteiger partial charge < -0.3 is 24.4 Å². The van der Waals surface area contributed by atoms with Gasteiger partial charge in [0.15, 0.2) is 11.2 Å². The van der Waals surface area contributed by atoms with Gasteiger partial charge in [-0.15, -0.1) is 0 Å². The molecule has 3 heterocycles. The van der Waals surface area contributed by atoms with Crippen molar-refractivity contribution in [2.45, 2.75) is 37.7 Å². The van der Waals surface area contributed by atoms with Crippen molar-refractivity contribution in [2.24, 2.45) is 0 Å². The topological polar surface area (TPSA) is 198 Å².